The fourth-order valence-electron chi connectivity index (χ4n) is 2.78. The number of carbonyl (C=O) groups is 1. The Morgan fingerprint density at radius 2 is 1.86 bits per heavy atom. The minimum absolute atomic E-state index is 0.0803. The molecule has 2 heterocycles. The maximum absolute atomic E-state index is 12.3. The van der Waals surface area contributed by atoms with Crippen molar-refractivity contribution in [2.24, 2.45) is 0 Å². The second-order valence-electron chi connectivity index (χ2n) is 5.25. The van der Waals surface area contributed by atoms with Crippen LogP contribution >= 0.6 is 15.9 Å². The summed E-state index contributed by atoms with van der Waals surface area (Å²) in [5.74, 6) is 0.667. The molecule has 2 aliphatic heterocycles. The SMILES string of the molecule is O=C1NCC2=C1C(c1ccc(Br)cc1)Oc1ccccc1N2. The summed E-state index contributed by atoms with van der Waals surface area (Å²) in [6, 6.07) is 15.6. The molecule has 0 saturated carbocycles. The average Bonchev–Trinajstić information content (AvgIpc) is 2.79. The largest absolute Gasteiger partial charge is 0.479 e. The summed E-state index contributed by atoms with van der Waals surface area (Å²) in [6.45, 7) is 0.499. The molecule has 1 atom stereocenters. The minimum Gasteiger partial charge on any atom is -0.479 e. The van der Waals surface area contributed by atoms with E-state index in [1.807, 2.05) is 48.5 Å². The Balaban J connectivity index is 1.85. The molecule has 0 bridgehead atoms. The molecule has 2 aromatic rings. The molecule has 4 rings (SSSR count). The van der Waals surface area contributed by atoms with Gasteiger partial charge in [-0.25, -0.2) is 0 Å². The van der Waals surface area contributed by atoms with Crippen LogP contribution in [0.25, 0.3) is 0 Å². The molecule has 4 nitrogen and oxygen atoms in total. The Kier molecular flexibility index (Phi) is 3.15. The Bertz CT molecular complexity index is 784. The molecule has 0 saturated heterocycles. The van der Waals surface area contributed by atoms with Crippen LogP contribution < -0.4 is 15.4 Å². The van der Waals surface area contributed by atoms with E-state index in [1.54, 1.807) is 0 Å². The second-order valence-corrected chi connectivity index (χ2v) is 6.16. The van der Waals surface area contributed by atoms with Crippen molar-refractivity contribution in [1.29, 1.82) is 0 Å². The van der Waals surface area contributed by atoms with Gasteiger partial charge in [-0.2, -0.15) is 0 Å². The lowest BCUT2D eigenvalue weighted by Gasteiger charge is -2.19. The normalized spacial score (nSPS) is 19.5. The van der Waals surface area contributed by atoms with Gasteiger partial charge in [-0.3, -0.25) is 4.79 Å². The Labute approximate surface area is 136 Å². The minimum atomic E-state index is -0.415. The van der Waals surface area contributed by atoms with Gasteiger partial charge in [0.25, 0.3) is 5.91 Å². The van der Waals surface area contributed by atoms with Gasteiger partial charge in [0.15, 0.2) is 6.10 Å². The molecule has 110 valence electrons. The second kappa shape index (κ2) is 5.18. The van der Waals surface area contributed by atoms with E-state index >= 15 is 0 Å². The molecule has 0 aromatic heterocycles. The van der Waals surface area contributed by atoms with Crippen LogP contribution in [-0.4, -0.2) is 12.5 Å². The molecule has 0 spiro atoms. The monoisotopic (exact) mass is 356 g/mol. The maximum Gasteiger partial charge on any atom is 0.253 e. The van der Waals surface area contributed by atoms with Gasteiger partial charge in [0.05, 0.1) is 17.8 Å². The van der Waals surface area contributed by atoms with Crippen LogP contribution in [0.2, 0.25) is 0 Å². The first-order valence-electron chi connectivity index (χ1n) is 7.02. The van der Waals surface area contributed by atoms with Crippen LogP contribution in [0.4, 0.5) is 5.69 Å². The number of hydrogen-bond donors (Lipinski definition) is 2. The zero-order valence-electron chi connectivity index (χ0n) is 11.6. The number of carbonyl (C=O) groups excluding carboxylic acids is 1. The van der Waals surface area contributed by atoms with Crippen molar-refractivity contribution < 1.29 is 9.53 Å². The van der Waals surface area contributed by atoms with Gasteiger partial charge in [-0.1, -0.05) is 40.2 Å². The molecule has 2 aromatic carbocycles. The van der Waals surface area contributed by atoms with Crippen molar-refractivity contribution >= 4 is 27.5 Å². The van der Waals surface area contributed by atoms with Crippen LogP contribution in [0.15, 0.2) is 64.3 Å². The smallest absolute Gasteiger partial charge is 0.253 e. The van der Waals surface area contributed by atoms with E-state index in [0.29, 0.717) is 12.1 Å². The van der Waals surface area contributed by atoms with Gasteiger partial charge >= 0.3 is 0 Å². The summed E-state index contributed by atoms with van der Waals surface area (Å²) in [4.78, 5) is 12.3. The van der Waals surface area contributed by atoms with Crippen LogP contribution in [0.3, 0.4) is 0 Å². The number of fused-ring (bicyclic) bond motifs is 1. The first-order valence-corrected chi connectivity index (χ1v) is 7.81. The number of benzene rings is 2. The number of ether oxygens (including phenoxy) is 1. The van der Waals surface area contributed by atoms with E-state index in [-0.39, 0.29) is 5.91 Å². The standard InChI is InChI=1S/C17H13BrN2O2/c18-11-7-5-10(6-8-11)16-15-13(9-19-17(15)21)20-12-3-1-2-4-14(12)22-16/h1-8,16,20H,9H2,(H,19,21). The van der Waals surface area contributed by atoms with Crippen LogP contribution in [0.5, 0.6) is 5.75 Å². The predicted octanol–water partition coefficient (Wildman–Crippen LogP) is 3.38. The zero-order chi connectivity index (χ0) is 15.1. The molecular formula is C17H13BrN2O2. The number of para-hydroxylation sites is 2. The molecule has 2 aliphatic rings. The predicted molar refractivity (Wildman–Crippen MR) is 87.6 cm³/mol. The molecule has 1 unspecified atom stereocenters. The van der Waals surface area contributed by atoms with Gasteiger partial charge in [-0.05, 0) is 29.8 Å². The quantitative estimate of drug-likeness (QED) is 0.823. The summed E-state index contributed by atoms with van der Waals surface area (Å²) in [5, 5.41) is 6.19. The van der Waals surface area contributed by atoms with E-state index < -0.39 is 6.10 Å². The van der Waals surface area contributed by atoms with Gasteiger partial charge in [0, 0.05) is 10.2 Å². The molecular weight excluding hydrogens is 344 g/mol. The third-order valence-electron chi connectivity index (χ3n) is 3.85. The topological polar surface area (TPSA) is 50.4 Å². The van der Waals surface area contributed by atoms with Crippen LogP contribution in [0.1, 0.15) is 11.7 Å². The number of rotatable bonds is 1. The van der Waals surface area contributed by atoms with Crippen LogP contribution in [-0.2, 0) is 4.79 Å². The highest BCUT2D eigenvalue weighted by Gasteiger charge is 2.35. The third kappa shape index (κ3) is 2.18. The maximum atomic E-state index is 12.3. The summed E-state index contributed by atoms with van der Waals surface area (Å²) >= 11 is 3.43. The summed E-state index contributed by atoms with van der Waals surface area (Å²) in [6.07, 6.45) is -0.415. The van der Waals surface area contributed by atoms with E-state index in [4.69, 9.17) is 4.74 Å². The summed E-state index contributed by atoms with van der Waals surface area (Å²) in [5.41, 5.74) is 3.36. The summed E-state index contributed by atoms with van der Waals surface area (Å²) in [7, 11) is 0. The fraction of sp³-hybridized carbons (Fsp3) is 0.118. The molecule has 0 fully saturated rings. The fourth-order valence-corrected chi connectivity index (χ4v) is 3.04. The van der Waals surface area contributed by atoms with Gasteiger partial charge in [0.2, 0.25) is 0 Å². The van der Waals surface area contributed by atoms with Crippen LogP contribution in [0, 0.1) is 0 Å². The van der Waals surface area contributed by atoms with Crippen molar-refractivity contribution in [2.45, 2.75) is 6.10 Å². The van der Waals surface area contributed by atoms with Gasteiger partial charge < -0.3 is 15.4 Å². The highest BCUT2D eigenvalue weighted by atomic mass is 79.9. The zero-order valence-corrected chi connectivity index (χ0v) is 13.2. The summed E-state index contributed by atoms with van der Waals surface area (Å²) < 4.78 is 7.16. The number of anilines is 1. The van der Waals surface area contributed by atoms with E-state index in [9.17, 15) is 4.79 Å². The van der Waals surface area contributed by atoms with Crippen molar-refractivity contribution in [1.82, 2.24) is 5.32 Å². The third-order valence-corrected chi connectivity index (χ3v) is 4.38. The molecule has 5 heteroatoms. The lowest BCUT2D eigenvalue weighted by molar-refractivity contribution is -0.117. The molecule has 0 aliphatic carbocycles. The van der Waals surface area contributed by atoms with Crippen molar-refractivity contribution in [3.63, 3.8) is 0 Å². The van der Waals surface area contributed by atoms with Gasteiger partial charge in [0.1, 0.15) is 5.75 Å². The van der Waals surface area contributed by atoms with E-state index in [0.717, 1.165) is 27.2 Å². The van der Waals surface area contributed by atoms with E-state index in [1.165, 1.54) is 0 Å². The Hall–Kier alpha value is -2.27. The lowest BCUT2D eigenvalue weighted by Crippen LogP contribution is -2.23. The first-order chi connectivity index (χ1) is 10.7. The lowest BCUT2D eigenvalue weighted by atomic mass is 10.0. The van der Waals surface area contributed by atoms with Crippen molar-refractivity contribution in [3.05, 3.63) is 69.8 Å². The Morgan fingerprint density at radius 1 is 1.09 bits per heavy atom. The number of hydrogen-bond acceptors (Lipinski definition) is 3. The average molecular weight is 357 g/mol. The number of halogens is 1. The first kappa shape index (κ1) is 13.4. The molecule has 2 N–H and O–H groups in total. The number of amides is 1. The Morgan fingerprint density at radius 3 is 2.68 bits per heavy atom. The molecule has 0 radical (unpaired) electrons. The van der Waals surface area contributed by atoms with Crippen molar-refractivity contribution in [2.75, 3.05) is 11.9 Å². The highest BCUT2D eigenvalue weighted by Crippen LogP contribution is 2.39. The number of nitrogens with one attached hydrogen (secondary N) is 2. The van der Waals surface area contributed by atoms with Gasteiger partial charge in [-0.15, -0.1) is 0 Å². The molecule has 22 heavy (non-hydrogen) atoms. The molecule has 1 amide bonds. The van der Waals surface area contributed by atoms with E-state index in [2.05, 4.69) is 26.6 Å². The van der Waals surface area contributed by atoms with Crippen molar-refractivity contribution in [3.8, 4) is 5.75 Å². The highest BCUT2D eigenvalue weighted by molar-refractivity contribution is 9.10.